The summed E-state index contributed by atoms with van der Waals surface area (Å²) in [7, 11) is 0. The van der Waals surface area contributed by atoms with E-state index in [-0.39, 0.29) is 12.0 Å². The average Bonchev–Trinajstić information content (AvgIpc) is 2.72. The first kappa shape index (κ1) is 21.9. The summed E-state index contributed by atoms with van der Waals surface area (Å²) in [5.41, 5.74) is 6.12. The average molecular weight is 397 g/mol. The third-order valence-corrected chi connectivity index (χ3v) is 4.21. The van der Waals surface area contributed by atoms with Crippen molar-refractivity contribution in [2.24, 2.45) is 0 Å². The molecule has 154 valence electrons. The predicted molar refractivity (Wildman–Crippen MR) is 112 cm³/mol. The number of amides is 3. The van der Waals surface area contributed by atoms with Gasteiger partial charge in [0.15, 0.2) is 0 Å². The molecule has 7 nitrogen and oxygen atoms in total. The van der Waals surface area contributed by atoms with Gasteiger partial charge in [0.2, 0.25) is 5.91 Å². The first-order valence-corrected chi connectivity index (χ1v) is 9.70. The van der Waals surface area contributed by atoms with Gasteiger partial charge in [0.1, 0.15) is 5.75 Å². The van der Waals surface area contributed by atoms with E-state index in [4.69, 9.17) is 4.74 Å². The van der Waals surface area contributed by atoms with Crippen molar-refractivity contribution in [3.8, 4) is 5.75 Å². The van der Waals surface area contributed by atoms with E-state index < -0.39 is 11.8 Å². The zero-order valence-corrected chi connectivity index (χ0v) is 17.0. The van der Waals surface area contributed by atoms with Gasteiger partial charge in [-0.15, -0.1) is 0 Å². The number of hydrogen-bond donors (Lipinski definition) is 3. The predicted octanol–water partition coefficient (Wildman–Crippen LogP) is 3.68. The summed E-state index contributed by atoms with van der Waals surface area (Å²) in [5.74, 6) is -0.385. The smallest absolute Gasteiger partial charge is 0.269 e. The Morgan fingerprint density at radius 1 is 0.931 bits per heavy atom. The summed E-state index contributed by atoms with van der Waals surface area (Å²) in [6, 6.07) is 13.2. The van der Waals surface area contributed by atoms with Crippen LogP contribution in [0.15, 0.2) is 48.5 Å². The molecule has 0 fully saturated rings. The maximum atomic E-state index is 12.3. The maximum absolute atomic E-state index is 12.3. The summed E-state index contributed by atoms with van der Waals surface area (Å²) in [6.07, 6.45) is 2.10. The van der Waals surface area contributed by atoms with Crippen molar-refractivity contribution in [1.29, 1.82) is 0 Å². The minimum atomic E-state index is -0.461. The Morgan fingerprint density at radius 2 is 1.59 bits per heavy atom. The van der Waals surface area contributed by atoms with E-state index in [0.717, 1.165) is 12.8 Å². The molecule has 0 aliphatic carbocycles. The summed E-state index contributed by atoms with van der Waals surface area (Å²) in [6.45, 7) is 5.90. The number of carbonyl (C=O) groups is 3. The van der Waals surface area contributed by atoms with E-state index in [2.05, 4.69) is 16.2 Å². The molecule has 2 rings (SSSR count). The highest BCUT2D eigenvalue weighted by molar-refractivity contribution is 5.99. The van der Waals surface area contributed by atoms with Crippen LogP contribution in [0.2, 0.25) is 0 Å². The quantitative estimate of drug-likeness (QED) is 0.592. The zero-order valence-electron chi connectivity index (χ0n) is 17.0. The minimum absolute atomic E-state index is 0.0442. The third-order valence-electron chi connectivity index (χ3n) is 4.21. The van der Waals surface area contributed by atoms with Gasteiger partial charge in [-0.3, -0.25) is 25.2 Å². The molecular formula is C22H27N3O4. The van der Waals surface area contributed by atoms with Crippen molar-refractivity contribution in [2.75, 3.05) is 5.32 Å². The monoisotopic (exact) mass is 397 g/mol. The Labute approximate surface area is 170 Å². The van der Waals surface area contributed by atoms with Crippen LogP contribution in [-0.2, 0) is 4.79 Å². The largest absolute Gasteiger partial charge is 0.491 e. The summed E-state index contributed by atoms with van der Waals surface area (Å²) >= 11 is 0. The Morgan fingerprint density at radius 3 is 2.21 bits per heavy atom. The molecule has 1 unspecified atom stereocenters. The first-order valence-electron chi connectivity index (χ1n) is 9.70. The fourth-order valence-electron chi connectivity index (χ4n) is 2.44. The van der Waals surface area contributed by atoms with Crippen molar-refractivity contribution < 1.29 is 19.1 Å². The first-order chi connectivity index (χ1) is 13.9. The summed E-state index contributed by atoms with van der Waals surface area (Å²) in [4.78, 5) is 36.1. The van der Waals surface area contributed by atoms with Gasteiger partial charge in [-0.05, 0) is 62.2 Å². The number of ether oxygens (including phenoxy) is 1. The molecule has 3 N–H and O–H groups in total. The van der Waals surface area contributed by atoms with Gasteiger partial charge in [-0.1, -0.05) is 19.9 Å². The molecule has 0 aliphatic rings. The summed E-state index contributed by atoms with van der Waals surface area (Å²) in [5, 5.41) is 2.75. The number of benzene rings is 2. The Bertz CT molecular complexity index is 849. The highest BCUT2D eigenvalue weighted by atomic mass is 16.5. The molecule has 0 aromatic heterocycles. The molecule has 0 radical (unpaired) electrons. The van der Waals surface area contributed by atoms with E-state index in [1.807, 2.05) is 20.8 Å². The lowest BCUT2D eigenvalue weighted by Crippen LogP contribution is -2.41. The number of hydrazine groups is 1. The lowest BCUT2D eigenvalue weighted by Gasteiger charge is -2.13. The van der Waals surface area contributed by atoms with E-state index in [0.29, 0.717) is 29.0 Å². The van der Waals surface area contributed by atoms with Gasteiger partial charge in [-0.2, -0.15) is 0 Å². The van der Waals surface area contributed by atoms with Crippen molar-refractivity contribution in [1.82, 2.24) is 10.9 Å². The number of nitrogens with one attached hydrogen (secondary N) is 3. The maximum Gasteiger partial charge on any atom is 0.269 e. The van der Waals surface area contributed by atoms with Gasteiger partial charge in [0.25, 0.3) is 11.8 Å². The van der Waals surface area contributed by atoms with Gasteiger partial charge in [-0.25, -0.2) is 0 Å². The van der Waals surface area contributed by atoms with Crippen molar-refractivity contribution >= 4 is 23.4 Å². The zero-order chi connectivity index (χ0) is 21.2. The number of rotatable bonds is 8. The lowest BCUT2D eigenvalue weighted by molar-refractivity contribution is -0.116. The lowest BCUT2D eigenvalue weighted by atomic mass is 10.2. The van der Waals surface area contributed by atoms with E-state index in [1.165, 1.54) is 0 Å². The molecule has 2 aromatic carbocycles. The minimum Gasteiger partial charge on any atom is -0.491 e. The Balaban J connectivity index is 1.90. The molecule has 29 heavy (non-hydrogen) atoms. The van der Waals surface area contributed by atoms with Crippen LogP contribution in [0.1, 0.15) is 60.7 Å². The van der Waals surface area contributed by atoms with Gasteiger partial charge in [0.05, 0.1) is 6.10 Å². The van der Waals surface area contributed by atoms with Crippen LogP contribution >= 0.6 is 0 Å². The SMILES string of the molecule is CCCC(=O)Nc1ccc(C(=O)NNC(=O)c2cccc(OC(C)CC)c2)cc1. The molecule has 0 bridgehead atoms. The van der Waals surface area contributed by atoms with Crippen molar-refractivity contribution in [3.05, 3.63) is 59.7 Å². The molecule has 1 atom stereocenters. The topological polar surface area (TPSA) is 96.5 Å². The van der Waals surface area contributed by atoms with Gasteiger partial charge >= 0.3 is 0 Å². The molecule has 0 heterocycles. The Kier molecular flexibility index (Phi) is 8.21. The number of hydrogen-bond acceptors (Lipinski definition) is 4. The van der Waals surface area contributed by atoms with Crippen LogP contribution in [0.5, 0.6) is 5.75 Å². The molecule has 7 heteroatoms. The second-order valence-electron chi connectivity index (χ2n) is 6.65. The molecule has 2 aromatic rings. The highest BCUT2D eigenvalue weighted by Gasteiger charge is 2.11. The van der Waals surface area contributed by atoms with Gasteiger partial charge in [0, 0.05) is 23.2 Å². The molecule has 3 amide bonds. The van der Waals surface area contributed by atoms with Crippen molar-refractivity contribution in [2.45, 2.75) is 46.1 Å². The summed E-state index contributed by atoms with van der Waals surface area (Å²) < 4.78 is 5.71. The number of anilines is 1. The third kappa shape index (κ3) is 6.95. The standard InChI is InChI=1S/C22H27N3O4/c1-4-7-20(26)23-18-12-10-16(11-13-18)21(27)24-25-22(28)17-8-6-9-19(14-17)29-15(3)5-2/h6,8-15H,4-5,7H2,1-3H3,(H,23,26)(H,24,27)(H,25,28). The van der Waals surface area contributed by atoms with Crippen LogP contribution in [0.4, 0.5) is 5.69 Å². The van der Waals surface area contributed by atoms with E-state index >= 15 is 0 Å². The van der Waals surface area contributed by atoms with Crippen LogP contribution in [0.3, 0.4) is 0 Å². The molecule has 0 aliphatic heterocycles. The highest BCUT2D eigenvalue weighted by Crippen LogP contribution is 2.16. The second kappa shape index (κ2) is 10.8. The van der Waals surface area contributed by atoms with Crippen LogP contribution < -0.4 is 20.9 Å². The van der Waals surface area contributed by atoms with Crippen LogP contribution in [0, 0.1) is 0 Å². The second-order valence-corrected chi connectivity index (χ2v) is 6.65. The molecule has 0 spiro atoms. The van der Waals surface area contributed by atoms with E-state index in [9.17, 15) is 14.4 Å². The fourth-order valence-corrected chi connectivity index (χ4v) is 2.44. The molecular weight excluding hydrogens is 370 g/mol. The van der Waals surface area contributed by atoms with Crippen LogP contribution in [0.25, 0.3) is 0 Å². The van der Waals surface area contributed by atoms with Gasteiger partial charge < -0.3 is 10.1 Å². The van der Waals surface area contributed by atoms with E-state index in [1.54, 1.807) is 48.5 Å². The van der Waals surface area contributed by atoms with Crippen molar-refractivity contribution in [3.63, 3.8) is 0 Å². The molecule has 0 saturated carbocycles. The normalized spacial score (nSPS) is 11.3. The molecule has 0 saturated heterocycles. The fraction of sp³-hybridized carbons (Fsp3) is 0.318. The Hall–Kier alpha value is -3.35. The van der Waals surface area contributed by atoms with Crippen LogP contribution in [-0.4, -0.2) is 23.8 Å². The number of carbonyl (C=O) groups excluding carboxylic acids is 3.